The van der Waals surface area contributed by atoms with E-state index in [2.05, 4.69) is 57.2 Å². The van der Waals surface area contributed by atoms with Gasteiger partial charge >= 0.3 is 17.9 Å². The summed E-state index contributed by atoms with van der Waals surface area (Å²) in [5.41, 5.74) is 0. The molecule has 0 rings (SSSR count). The smallest absolute Gasteiger partial charge is 0.305 e. The number of ether oxygens (including phenoxy) is 1. The molecule has 0 aromatic heterocycles. The van der Waals surface area contributed by atoms with Crippen molar-refractivity contribution in [1.29, 1.82) is 0 Å². The van der Waals surface area contributed by atoms with Crippen molar-refractivity contribution >= 4 is 17.9 Å². The lowest BCUT2D eigenvalue weighted by Crippen LogP contribution is -2.21. The van der Waals surface area contributed by atoms with Gasteiger partial charge in [-0.15, -0.1) is 0 Å². The molecule has 0 amide bonds. The third kappa shape index (κ3) is 70.7. The number of carboxylic acid groups (broad SMARTS) is 2. The van der Waals surface area contributed by atoms with Crippen LogP contribution in [-0.4, -0.2) is 57.7 Å². The van der Waals surface area contributed by atoms with E-state index in [1.165, 1.54) is 199 Å². The molecule has 0 aliphatic rings. The van der Waals surface area contributed by atoms with E-state index in [9.17, 15) is 14.4 Å². The molecule has 0 fully saturated rings. The second-order valence-electron chi connectivity index (χ2n) is 18.3. The van der Waals surface area contributed by atoms with E-state index in [-0.39, 0.29) is 19.2 Å². The number of aliphatic hydroxyl groups is 2. The van der Waals surface area contributed by atoms with Gasteiger partial charge in [0.2, 0.25) is 0 Å². The number of allylic oxidation sites excluding steroid dienone is 6. The summed E-state index contributed by atoms with van der Waals surface area (Å²) in [5.74, 6) is -1.62. The number of hydrogen-bond donors (Lipinski definition) is 4. The lowest BCUT2D eigenvalue weighted by Gasteiger charge is -2.08. The molecule has 0 aliphatic carbocycles. The average molecular weight is 921 g/mol. The Morgan fingerprint density at radius 3 is 0.846 bits per heavy atom. The Hall–Kier alpha value is -2.45. The van der Waals surface area contributed by atoms with Gasteiger partial charge in [-0.25, -0.2) is 0 Å². The molecule has 0 aromatic carbocycles. The van der Waals surface area contributed by atoms with Crippen molar-refractivity contribution in [3.05, 3.63) is 36.5 Å². The van der Waals surface area contributed by atoms with Gasteiger partial charge in [0.05, 0.1) is 6.61 Å². The van der Waals surface area contributed by atoms with Gasteiger partial charge in [-0.05, 0) is 96.3 Å². The highest BCUT2D eigenvalue weighted by atomic mass is 16.5. The molecule has 1 unspecified atom stereocenters. The number of aliphatic carboxylic acids is 2. The molecule has 8 nitrogen and oxygen atoms in total. The van der Waals surface area contributed by atoms with E-state index in [0.29, 0.717) is 19.3 Å². The SMILES string of the molecule is CCCCCCCC/C=C\CCCCCCCC(=O)O.CCCCCCCC/C=C\CCCCCCCC(=O)O.CCCCCCCC/C=C\CCCCCCCC(=O)OCC(O)CO. The standard InChI is InChI=1S/C21H40O4.2C18H34O2/c1-2-3-4-5-6-7-8-9-10-11-12-13-14-15-16-17-21(24)25-19-20(23)18-22;2*1-2-3-4-5-6-7-8-9-10-11-12-13-14-15-16-17-18(19)20/h9-10,20,22-23H,2-8,11-19H2,1H3;2*9-10H,2-8,11-17H2,1H3,(H,19,20)/b3*10-9-. The molecule has 0 saturated carbocycles. The molecule has 1 atom stereocenters. The molecule has 65 heavy (non-hydrogen) atoms. The zero-order valence-electron chi connectivity index (χ0n) is 43.1. The van der Waals surface area contributed by atoms with Crippen LogP contribution in [0.2, 0.25) is 0 Å². The van der Waals surface area contributed by atoms with Crippen molar-refractivity contribution in [1.82, 2.24) is 0 Å². The van der Waals surface area contributed by atoms with E-state index >= 15 is 0 Å². The van der Waals surface area contributed by atoms with Gasteiger partial charge in [-0.2, -0.15) is 0 Å². The molecule has 0 saturated heterocycles. The molecular weight excluding hydrogens is 813 g/mol. The van der Waals surface area contributed by atoms with Crippen LogP contribution in [0.1, 0.15) is 290 Å². The highest BCUT2D eigenvalue weighted by Gasteiger charge is 2.07. The largest absolute Gasteiger partial charge is 0.481 e. The number of carboxylic acids is 2. The zero-order chi connectivity index (χ0) is 48.4. The van der Waals surface area contributed by atoms with Crippen molar-refractivity contribution in [2.24, 2.45) is 0 Å². The van der Waals surface area contributed by atoms with Crippen molar-refractivity contribution in [2.75, 3.05) is 13.2 Å². The van der Waals surface area contributed by atoms with Crippen molar-refractivity contribution in [2.45, 2.75) is 297 Å². The zero-order valence-corrected chi connectivity index (χ0v) is 43.1. The summed E-state index contributed by atoms with van der Waals surface area (Å²) >= 11 is 0. The van der Waals surface area contributed by atoms with E-state index < -0.39 is 18.0 Å². The van der Waals surface area contributed by atoms with Crippen LogP contribution in [0.3, 0.4) is 0 Å². The Morgan fingerprint density at radius 2 is 0.600 bits per heavy atom. The first-order valence-corrected chi connectivity index (χ1v) is 27.6. The van der Waals surface area contributed by atoms with Crippen molar-refractivity contribution < 1.29 is 39.5 Å². The van der Waals surface area contributed by atoms with Crippen LogP contribution in [0.25, 0.3) is 0 Å². The Kier molecular flexibility index (Phi) is 63.3. The number of esters is 1. The summed E-state index contributed by atoms with van der Waals surface area (Å²) in [6.45, 7) is 6.29. The maximum Gasteiger partial charge on any atom is 0.305 e. The van der Waals surface area contributed by atoms with E-state index in [4.69, 9.17) is 25.2 Å². The number of carbonyl (C=O) groups excluding carboxylic acids is 1. The second kappa shape index (κ2) is 61.5. The quantitative estimate of drug-likeness (QED) is 0.0269. The molecule has 384 valence electrons. The maximum absolute atomic E-state index is 11.4. The van der Waals surface area contributed by atoms with Gasteiger partial charge < -0.3 is 25.2 Å². The van der Waals surface area contributed by atoms with Gasteiger partial charge in [-0.3, -0.25) is 14.4 Å². The number of rotatable bonds is 48. The van der Waals surface area contributed by atoms with E-state index in [0.717, 1.165) is 51.4 Å². The number of carbonyl (C=O) groups is 3. The fraction of sp³-hybridized carbons (Fsp3) is 0.842. The fourth-order valence-corrected chi connectivity index (χ4v) is 7.35. The van der Waals surface area contributed by atoms with Gasteiger partial charge in [-0.1, -0.05) is 211 Å². The van der Waals surface area contributed by atoms with Crippen molar-refractivity contribution in [3.8, 4) is 0 Å². The molecule has 0 aliphatic heterocycles. The molecule has 0 bridgehead atoms. The van der Waals surface area contributed by atoms with Gasteiger partial charge in [0.25, 0.3) is 0 Å². The lowest BCUT2D eigenvalue weighted by molar-refractivity contribution is -0.147. The third-order valence-corrected chi connectivity index (χ3v) is 11.6. The van der Waals surface area contributed by atoms with Gasteiger partial charge in [0, 0.05) is 19.3 Å². The minimum absolute atomic E-state index is 0.111. The molecule has 4 N–H and O–H groups in total. The molecule has 0 heterocycles. The lowest BCUT2D eigenvalue weighted by atomic mass is 10.1. The van der Waals surface area contributed by atoms with Crippen LogP contribution in [0, 0.1) is 0 Å². The first-order valence-electron chi connectivity index (χ1n) is 27.6. The number of hydrogen-bond acceptors (Lipinski definition) is 6. The first-order chi connectivity index (χ1) is 31.7. The van der Waals surface area contributed by atoms with E-state index in [1.807, 2.05) is 0 Å². The predicted molar refractivity (Wildman–Crippen MR) is 278 cm³/mol. The highest BCUT2D eigenvalue weighted by Crippen LogP contribution is 2.13. The number of aliphatic hydroxyl groups excluding tert-OH is 2. The Morgan fingerprint density at radius 1 is 0.369 bits per heavy atom. The van der Waals surface area contributed by atoms with Crippen LogP contribution in [0.4, 0.5) is 0 Å². The van der Waals surface area contributed by atoms with Gasteiger partial charge in [0.15, 0.2) is 0 Å². The van der Waals surface area contributed by atoms with Gasteiger partial charge in [0.1, 0.15) is 12.7 Å². The second-order valence-corrected chi connectivity index (χ2v) is 18.3. The monoisotopic (exact) mass is 921 g/mol. The predicted octanol–water partition coefficient (Wildman–Crippen LogP) is 17.1. The molecule has 0 spiro atoms. The molecule has 0 radical (unpaired) electrons. The van der Waals surface area contributed by atoms with Crippen LogP contribution in [0.5, 0.6) is 0 Å². The fourth-order valence-electron chi connectivity index (χ4n) is 7.35. The van der Waals surface area contributed by atoms with Crippen LogP contribution < -0.4 is 0 Å². The molecular formula is C57H108O8. The summed E-state index contributed by atoms with van der Waals surface area (Å²) in [5, 5.41) is 34.7. The van der Waals surface area contributed by atoms with Crippen molar-refractivity contribution in [3.63, 3.8) is 0 Å². The minimum atomic E-state index is -0.960. The summed E-state index contributed by atoms with van der Waals surface area (Å²) < 4.78 is 4.86. The maximum atomic E-state index is 11.4. The van der Waals surface area contributed by atoms with Crippen LogP contribution >= 0.6 is 0 Å². The Labute approximate surface area is 402 Å². The van der Waals surface area contributed by atoms with Crippen LogP contribution in [0.15, 0.2) is 36.5 Å². The summed E-state index contributed by atoms with van der Waals surface area (Å²) in [4.78, 5) is 32.0. The first kappa shape index (κ1) is 66.8. The Balaban J connectivity index is -0.000000896. The average Bonchev–Trinajstić information content (AvgIpc) is 3.29. The summed E-state index contributed by atoms with van der Waals surface area (Å²) in [7, 11) is 0. The molecule has 8 heteroatoms. The summed E-state index contributed by atoms with van der Waals surface area (Å²) in [6, 6.07) is 0. The topological polar surface area (TPSA) is 141 Å². The normalized spacial score (nSPS) is 11.8. The summed E-state index contributed by atoms with van der Waals surface area (Å²) in [6.07, 6.45) is 62.6. The third-order valence-electron chi connectivity index (χ3n) is 11.6. The Bertz CT molecular complexity index is 988. The number of unbranched alkanes of at least 4 members (excludes halogenated alkanes) is 33. The highest BCUT2D eigenvalue weighted by molar-refractivity contribution is 5.69. The minimum Gasteiger partial charge on any atom is -0.481 e. The molecule has 0 aromatic rings. The van der Waals surface area contributed by atoms with Crippen LogP contribution in [-0.2, 0) is 19.1 Å². The van der Waals surface area contributed by atoms with E-state index in [1.54, 1.807) is 0 Å².